The minimum Gasteiger partial charge on any atom is -0.383 e. The molecule has 0 heterocycles. The lowest BCUT2D eigenvalue weighted by atomic mass is 10.2. The number of methoxy groups -OCH3 is 1. The van der Waals surface area contributed by atoms with E-state index in [1.165, 1.54) is 7.11 Å². The SMILES string of the molecule is CCCC(COC)NS(=O)(=O)c1ccc(F)c(CN)c1F. The summed E-state index contributed by atoms with van der Waals surface area (Å²) in [6, 6.07) is 1.31. The van der Waals surface area contributed by atoms with Crippen molar-refractivity contribution in [1.29, 1.82) is 0 Å². The van der Waals surface area contributed by atoms with Gasteiger partial charge in [-0.05, 0) is 18.6 Å². The van der Waals surface area contributed by atoms with Crippen LogP contribution in [0.1, 0.15) is 25.3 Å². The second kappa shape index (κ2) is 7.79. The number of sulfonamides is 1. The van der Waals surface area contributed by atoms with Gasteiger partial charge < -0.3 is 10.5 Å². The largest absolute Gasteiger partial charge is 0.383 e. The van der Waals surface area contributed by atoms with E-state index in [1.54, 1.807) is 0 Å². The van der Waals surface area contributed by atoms with Gasteiger partial charge in [0.2, 0.25) is 10.0 Å². The van der Waals surface area contributed by atoms with Crippen molar-refractivity contribution in [1.82, 2.24) is 4.72 Å². The van der Waals surface area contributed by atoms with E-state index in [-0.39, 0.29) is 6.61 Å². The number of nitrogens with two attached hydrogens (primary N) is 1. The average Bonchev–Trinajstić information content (AvgIpc) is 2.39. The lowest BCUT2D eigenvalue weighted by Crippen LogP contribution is -2.38. The third kappa shape index (κ3) is 4.44. The number of nitrogens with one attached hydrogen (secondary N) is 1. The molecule has 0 saturated carbocycles. The summed E-state index contributed by atoms with van der Waals surface area (Å²) >= 11 is 0. The van der Waals surface area contributed by atoms with Crippen molar-refractivity contribution in [3.05, 3.63) is 29.3 Å². The summed E-state index contributed by atoms with van der Waals surface area (Å²) in [6.45, 7) is 1.64. The highest BCUT2D eigenvalue weighted by molar-refractivity contribution is 7.89. The van der Waals surface area contributed by atoms with Crippen LogP contribution in [0, 0.1) is 11.6 Å². The van der Waals surface area contributed by atoms with Gasteiger partial charge in [0.15, 0.2) is 5.82 Å². The van der Waals surface area contributed by atoms with E-state index in [1.807, 2.05) is 6.92 Å². The van der Waals surface area contributed by atoms with Gasteiger partial charge in [0.1, 0.15) is 10.7 Å². The first-order valence-corrected chi connectivity index (χ1v) is 8.03. The maximum absolute atomic E-state index is 14.1. The molecular weight excluding hydrogens is 302 g/mol. The smallest absolute Gasteiger partial charge is 0.243 e. The topological polar surface area (TPSA) is 81.4 Å². The molecule has 0 bridgehead atoms. The lowest BCUT2D eigenvalue weighted by molar-refractivity contribution is 0.171. The molecule has 0 aliphatic heterocycles. The Labute approximate surface area is 123 Å². The third-order valence-electron chi connectivity index (χ3n) is 2.97. The molecule has 0 aliphatic rings. The number of hydrogen-bond donors (Lipinski definition) is 2. The fourth-order valence-electron chi connectivity index (χ4n) is 1.98. The van der Waals surface area contributed by atoms with Crippen LogP contribution in [-0.2, 0) is 21.3 Å². The Bertz CT molecular complexity index is 573. The Hall–Kier alpha value is -1.09. The van der Waals surface area contributed by atoms with Crippen molar-refractivity contribution >= 4 is 10.0 Å². The molecule has 120 valence electrons. The van der Waals surface area contributed by atoms with Gasteiger partial charge in [-0.3, -0.25) is 0 Å². The summed E-state index contributed by atoms with van der Waals surface area (Å²) < 4.78 is 59.2. The minimum absolute atomic E-state index is 0.166. The first kappa shape index (κ1) is 18.0. The highest BCUT2D eigenvalue weighted by Gasteiger charge is 2.25. The Balaban J connectivity index is 3.13. The molecule has 1 atom stereocenters. The Kier molecular flexibility index (Phi) is 6.66. The normalized spacial score (nSPS) is 13.4. The molecule has 1 rings (SSSR count). The standard InChI is InChI=1S/C13H20F2N2O3S/c1-3-4-9(8-20-2)17-21(18,19)12-6-5-11(14)10(7-16)13(12)15/h5-6,9,17H,3-4,7-8,16H2,1-2H3. The van der Waals surface area contributed by atoms with E-state index in [4.69, 9.17) is 10.5 Å². The molecule has 3 N–H and O–H groups in total. The number of benzene rings is 1. The van der Waals surface area contributed by atoms with Crippen LogP contribution in [0.4, 0.5) is 8.78 Å². The van der Waals surface area contributed by atoms with E-state index in [0.29, 0.717) is 6.42 Å². The fraction of sp³-hybridized carbons (Fsp3) is 0.538. The molecule has 0 aliphatic carbocycles. The van der Waals surface area contributed by atoms with Gasteiger partial charge in [-0.1, -0.05) is 13.3 Å². The summed E-state index contributed by atoms with van der Waals surface area (Å²) in [7, 11) is -2.66. The van der Waals surface area contributed by atoms with E-state index >= 15 is 0 Å². The molecule has 0 saturated heterocycles. The molecule has 1 aromatic carbocycles. The van der Waals surface area contributed by atoms with Crippen LogP contribution in [0.2, 0.25) is 0 Å². The lowest BCUT2D eigenvalue weighted by Gasteiger charge is -2.18. The second-order valence-corrected chi connectivity index (χ2v) is 6.29. The molecule has 0 spiro atoms. The molecule has 0 fully saturated rings. The quantitative estimate of drug-likeness (QED) is 0.760. The maximum atomic E-state index is 14.1. The average molecular weight is 322 g/mol. The Morgan fingerprint density at radius 3 is 2.57 bits per heavy atom. The van der Waals surface area contributed by atoms with E-state index in [9.17, 15) is 17.2 Å². The molecule has 0 aromatic heterocycles. The van der Waals surface area contributed by atoms with Crippen molar-refractivity contribution in [2.24, 2.45) is 5.73 Å². The van der Waals surface area contributed by atoms with Crippen molar-refractivity contribution in [2.45, 2.75) is 37.2 Å². The van der Waals surface area contributed by atoms with E-state index in [0.717, 1.165) is 18.6 Å². The first-order chi connectivity index (χ1) is 9.87. The fourth-order valence-corrected chi connectivity index (χ4v) is 3.34. The van der Waals surface area contributed by atoms with Crippen LogP contribution < -0.4 is 10.5 Å². The van der Waals surface area contributed by atoms with Crippen molar-refractivity contribution < 1.29 is 21.9 Å². The van der Waals surface area contributed by atoms with Crippen molar-refractivity contribution in [2.75, 3.05) is 13.7 Å². The van der Waals surface area contributed by atoms with Crippen LogP contribution in [0.25, 0.3) is 0 Å². The minimum atomic E-state index is -4.11. The number of rotatable bonds is 8. The van der Waals surface area contributed by atoms with Crippen LogP contribution in [-0.4, -0.2) is 28.2 Å². The molecule has 21 heavy (non-hydrogen) atoms. The van der Waals surface area contributed by atoms with Gasteiger partial charge >= 0.3 is 0 Å². The number of ether oxygens (including phenoxy) is 1. The van der Waals surface area contributed by atoms with Gasteiger partial charge in [-0.2, -0.15) is 0 Å². The number of hydrogen-bond acceptors (Lipinski definition) is 4. The van der Waals surface area contributed by atoms with Gasteiger partial charge in [0.05, 0.1) is 6.61 Å². The summed E-state index contributed by atoms with van der Waals surface area (Å²) in [5, 5.41) is 0. The van der Waals surface area contributed by atoms with Gasteiger partial charge in [0.25, 0.3) is 0 Å². The molecule has 1 aromatic rings. The molecule has 0 radical (unpaired) electrons. The maximum Gasteiger partial charge on any atom is 0.243 e. The summed E-state index contributed by atoms with van der Waals surface area (Å²) in [5.74, 6) is -2.02. The molecule has 1 unspecified atom stereocenters. The predicted octanol–water partition coefficient (Wildman–Crippen LogP) is 1.52. The Morgan fingerprint density at radius 1 is 1.38 bits per heavy atom. The van der Waals surface area contributed by atoms with Crippen LogP contribution in [0.5, 0.6) is 0 Å². The summed E-state index contributed by atoms with van der Waals surface area (Å²) in [6.07, 6.45) is 1.27. The van der Waals surface area contributed by atoms with Crippen LogP contribution in [0.3, 0.4) is 0 Å². The number of halogens is 2. The van der Waals surface area contributed by atoms with Crippen LogP contribution >= 0.6 is 0 Å². The zero-order chi connectivity index (χ0) is 16.0. The van der Waals surface area contributed by atoms with Gasteiger partial charge in [-0.25, -0.2) is 21.9 Å². The predicted molar refractivity (Wildman–Crippen MR) is 75.1 cm³/mol. The third-order valence-corrected chi connectivity index (χ3v) is 4.51. The zero-order valence-electron chi connectivity index (χ0n) is 12.0. The molecule has 0 amide bonds. The highest BCUT2D eigenvalue weighted by Crippen LogP contribution is 2.21. The van der Waals surface area contributed by atoms with Gasteiger partial charge in [-0.15, -0.1) is 0 Å². The second-order valence-electron chi connectivity index (χ2n) is 4.60. The first-order valence-electron chi connectivity index (χ1n) is 6.55. The molecular formula is C13H20F2N2O3S. The van der Waals surface area contributed by atoms with E-state index < -0.39 is 44.7 Å². The molecule has 5 nitrogen and oxygen atoms in total. The summed E-state index contributed by atoms with van der Waals surface area (Å²) in [5.41, 5.74) is 4.80. The highest BCUT2D eigenvalue weighted by atomic mass is 32.2. The summed E-state index contributed by atoms with van der Waals surface area (Å²) in [4.78, 5) is -0.610. The zero-order valence-corrected chi connectivity index (χ0v) is 12.8. The monoisotopic (exact) mass is 322 g/mol. The van der Waals surface area contributed by atoms with Crippen molar-refractivity contribution in [3.8, 4) is 0 Å². The molecule has 8 heteroatoms. The Morgan fingerprint density at radius 2 is 2.05 bits per heavy atom. The van der Waals surface area contributed by atoms with Crippen molar-refractivity contribution in [3.63, 3.8) is 0 Å². The van der Waals surface area contributed by atoms with Gasteiger partial charge in [0, 0.05) is 25.3 Å². The van der Waals surface area contributed by atoms with Crippen LogP contribution in [0.15, 0.2) is 17.0 Å². The van der Waals surface area contributed by atoms with E-state index in [2.05, 4.69) is 4.72 Å².